The molecule has 0 radical (unpaired) electrons. The van der Waals surface area contributed by atoms with E-state index in [1.54, 1.807) is 18.9 Å². The summed E-state index contributed by atoms with van der Waals surface area (Å²) in [4.78, 5) is 13.5. The predicted molar refractivity (Wildman–Crippen MR) is 101 cm³/mol. The zero-order chi connectivity index (χ0) is 17.4. The van der Waals surface area contributed by atoms with Gasteiger partial charge in [0.1, 0.15) is 5.75 Å². The van der Waals surface area contributed by atoms with Crippen LogP contribution in [0.5, 0.6) is 5.75 Å². The summed E-state index contributed by atoms with van der Waals surface area (Å²) in [5, 5.41) is 2.98. The van der Waals surface area contributed by atoms with Crippen LogP contribution in [0.2, 0.25) is 0 Å². The monoisotopic (exact) mass is 343 g/mol. The van der Waals surface area contributed by atoms with Crippen molar-refractivity contribution in [2.75, 3.05) is 13.7 Å². The van der Waals surface area contributed by atoms with Crippen molar-refractivity contribution in [1.82, 2.24) is 5.32 Å². The lowest BCUT2D eigenvalue weighted by Crippen LogP contribution is -2.25. The largest absolute Gasteiger partial charge is 0.496 e. The molecular weight excluding hydrogens is 318 g/mol. The van der Waals surface area contributed by atoms with Gasteiger partial charge in [0.05, 0.1) is 7.11 Å². The summed E-state index contributed by atoms with van der Waals surface area (Å²) in [6.07, 6.45) is 0.985. The fourth-order valence-electron chi connectivity index (χ4n) is 2.29. The van der Waals surface area contributed by atoms with Crippen LogP contribution in [0.3, 0.4) is 0 Å². The van der Waals surface area contributed by atoms with E-state index in [1.165, 1.54) is 4.90 Å². The third kappa shape index (κ3) is 5.60. The highest BCUT2D eigenvalue weighted by Crippen LogP contribution is 2.28. The van der Waals surface area contributed by atoms with Crippen LogP contribution < -0.4 is 10.1 Å². The zero-order valence-electron chi connectivity index (χ0n) is 14.5. The third-order valence-electron chi connectivity index (χ3n) is 3.69. The van der Waals surface area contributed by atoms with Crippen molar-refractivity contribution in [3.63, 3.8) is 0 Å². The van der Waals surface area contributed by atoms with Crippen molar-refractivity contribution in [3.05, 3.63) is 59.7 Å². The molecule has 128 valence electrons. The Morgan fingerprint density at radius 3 is 2.58 bits per heavy atom. The van der Waals surface area contributed by atoms with E-state index in [2.05, 4.69) is 31.3 Å². The van der Waals surface area contributed by atoms with E-state index >= 15 is 0 Å². The number of nitrogens with one attached hydrogen (secondary N) is 1. The Labute approximate surface area is 148 Å². The van der Waals surface area contributed by atoms with Gasteiger partial charge in [-0.25, -0.2) is 0 Å². The quantitative estimate of drug-likeness (QED) is 0.702. The standard InChI is InChI=1S/C20H25NO2S/c1-15(2)11-12-21-20(22)16-9-10-19(23-3)17(13-16)14-24-18-7-5-4-6-8-18/h4-10,13,15H,11-12,14H2,1-3H3,(H,21,22). The molecule has 4 heteroatoms. The summed E-state index contributed by atoms with van der Waals surface area (Å²) >= 11 is 1.73. The number of methoxy groups -OCH3 is 1. The number of amides is 1. The fraction of sp³-hybridized carbons (Fsp3) is 0.350. The van der Waals surface area contributed by atoms with Gasteiger partial charge in [0.15, 0.2) is 0 Å². The van der Waals surface area contributed by atoms with Gasteiger partial charge in [-0.3, -0.25) is 4.79 Å². The number of carbonyl (C=O) groups is 1. The van der Waals surface area contributed by atoms with Crippen molar-refractivity contribution >= 4 is 17.7 Å². The molecule has 1 N–H and O–H groups in total. The smallest absolute Gasteiger partial charge is 0.251 e. The molecule has 1 amide bonds. The number of rotatable bonds is 8. The van der Waals surface area contributed by atoms with Crippen LogP contribution in [0.15, 0.2) is 53.4 Å². The molecule has 0 unspecified atom stereocenters. The summed E-state index contributed by atoms with van der Waals surface area (Å²) in [6.45, 7) is 5.01. The van der Waals surface area contributed by atoms with Crippen LogP contribution in [0.1, 0.15) is 36.2 Å². The normalized spacial score (nSPS) is 10.7. The molecule has 3 nitrogen and oxygen atoms in total. The highest BCUT2D eigenvalue weighted by atomic mass is 32.2. The first-order chi connectivity index (χ1) is 11.6. The number of benzene rings is 2. The number of carbonyl (C=O) groups excluding carboxylic acids is 1. The summed E-state index contributed by atoms with van der Waals surface area (Å²) in [5.74, 6) is 2.14. The fourth-order valence-corrected chi connectivity index (χ4v) is 3.18. The topological polar surface area (TPSA) is 38.3 Å². The van der Waals surface area contributed by atoms with Crippen LogP contribution in [0.25, 0.3) is 0 Å². The van der Waals surface area contributed by atoms with Crippen molar-refractivity contribution in [2.45, 2.75) is 30.9 Å². The first-order valence-electron chi connectivity index (χ1n) is 8.23. The van der Waals surface area contributed by atoms with Gasteiger partial charge in [-0.05, 0) is 42.7 Å². The van der Waals surface area contributed by atoms with Crippen LogP contribution in [-0.2, 0) is 5.75 Å². The lowest BCUT2D eigenvalue weighted by molar-refractivity contribution is 0.0952. The first kappa shape index (κ1) is 18.4. The maximum atomic E-state index is 12.3. The molecule has 0 bridgehead atoms. The van der Waals surface area contributed by atoms with Gasteiger partial charge in [0, 0.05) is 28.3 Å². The van der Waals surface area contributed by atoms with Crippen molar-refractivity contribution in [2.24, 2.45) is 5.92 Å². The number of hydrogen-bond acceptors (Lipinski definition) is 3. The van der Waals surface area contributed by atoms with Crippen molar-refractivity contribution < 1.29 is 9.53 Å². The molecule has 0 saturated carbocycles. The second-order valence-electron chi connectivity index (χ2n) is 6.07. The van der Waals surface area contributed by atoms with E-state index in [0.717, 1.165) is 23.5 Å². The molecule has 0 aromatic heterocycles. The van der Waals surface area contributed by atoms with Gasteiger partial charge in [0.25, 0.3) is 5.91 Å². The van der Waals surface area contributed by atoms with Gasteiger partial charge in [-0.15, -0.1) is 11.8 Å². The van der Waals surface area contributed by atoms with E-state index in [-0.39, 0.29) is 5.91 Å². The van der Waals surface area contributed by atoms with Gasteiger partial charge in [-0.2, -0.15) is 0 Å². The summed E-state index contributed by atoms with van der Waals surface area (Å²) in [7, 11) is 1.66. The lowest BCUT2D eigenvalue weighted by atomic mass is 10.1. The van der Waals surface area contributed by atoms with Crippen LogP contribution in [0.4, 0.5) is 0 Å². The van der Waals surface area contributed by atoms with E-state index in [1.807, 2.05) is 36.4 Å². The Hall–Kier alpha value is -1.94. The molecular formula is C20H25NO2S. The molecule has 0 fully saturated rings. The lowest BCUT2D eigenvalue weighted by Gasteiger charge is -2.12. The molecule has 2 rings (SSSR count). The molecule has 0 spiro atoms. The summed E-state index contributed by atoms with van der Waals surface area (Å²) in [5.41, 5.74) is 1.71. The molecule has 0 aliphatic heterocycles. The number of thioether (sulfide) groups is 1. The minimum absolute atomic E-state index is 0.0238. The van der Waals surface area contributed by atoms with E-state index in [0.29, 0.717) is 18.0 Å². The van der Waals surface area contributed by atoms with Gasteiger partial charge in [-0.1, -0.05) is 32.0 Å². The average molecular weight is 343 g/mol. The average Bonchev–Trinajstić information content (AvgIpc) is 2.60. The van der Waals surface area contributed by atoms with E-state index in [4.69, 9.17) is 4.74 Å². The molecule has 0 heterocycles. The minimum atomic E-state index is -0.0238. The molecule has 24 heavy (non-hydrogen) atoms. The highest BCUT2D eigenvalue weighted by molar-refractivity contribution is 7.98. The summed E-state index contributed by atoms with van der Waals surface area (Å²) < 4.78 is 5.44. The van der Waals surface area contributed by atoms with Gasteiger partial charge < -0.3 is 10.1 Å². The maximum absolute atomic E-state index is 12.3. The predicted octanol–water partition coefficient (Wildman–Crippen LogP) is 4.76. The Bertz CT molecular complexity index is 656. The zero-order valence-corrected chi connectivity index (χ0v) is 15.4. The molecule has 2 aromatic carbocycles. The second kappa shape index (κ2) is 9.38. The van der Waals surface area contributed by atoms with Crippen LogP contribution in [-0.4, -0.2) is 19.6 Å². The molecule has 0 aliphatic rings. The SMILES string of the molecule is COc1ccc(C(=O)NCCC(C)C)cc1CSc1ccccc1. The Morgan fingerprint density at radius 1 is 1.17 bits per heavy atom. The van der Waals surface area contributed by atoms with Gasteiger partial charge >= 0.3 is 0 Å². The van der Waals surface area contributed by atoms with Crippen molar-refractivity contribution in [1.29, 1.82) is 0 Å². The molecule has 0 atom stereocenters. The minimum Gasteiger partial charge on any atom is -0.496 e. The number of hydrogen-bond donors (Lipinski definition) is 1. The Kier molecular flexibility index (Phi) is 7.19. The Morgan fingerprint density at radius 2 is 1.92 bits per heavy atom. The van der Waals surface area contributed by atoms with E-state index < -0.39 is 0 Å². The Balaban J connectivity index is 2.05. The number of ether oxygens (including phenoxy) is 1. The van der Waals surface area contributed by atoms with Crippen LogP contribution >= 0.6 is 11.8 Å². The van der Waals surface area contributed by atoms with Crippen molar-refractivity contribution in [3.8, 4) is 5.75 Å². The molecule has 2 aromatic rings. The van der Waals surface area contributed by atoms with E-state index in [9.17, 15) is 4.79 Å². The summed E-state index contributed by atoms with van der Waals surface area (Å²) in [6, 6.07) is 15.8. The molecule has 0 saturated heterocycles. The highest BCUT2D eigenvalue weighted by Gasteiger charge is 2.10. The van der Waals surface area contributed by atoms with Gasteiger partial charge in [0.2, 0.25) is 0 Å². The maximum Gasteiger partial charge on any atom is 0.251 e. The first-order valence-corrected chi connectivity index (χ1v) is 9.21. The second-order valence-corrected chi connectivity index (χ2v) is 7.12. The third-order valence-corrected chi connectivity index (χ3v) is 4.75. The van der Waals surface area contributed by atoms with Crippen LogP contribution in [0, 0.1) is 5.92 Å². The molecule has 0 aliphatic carbocycles.